The van der Waals surface area contributed by atoms with Gasteiger partial charge in [0.1, 0.15) is 11.6 Å². The molecule has 0 saturated carbocycles. The first-order chi connectivity index (χ1) is 11.0. The standard InChI is InChI=1S/C17H16ClFN2O2/c1-11(2)23-16-8-5-14(18)9-13(16)10-20-21-17(22)12-3-6-15(19)7-4-12/h3-11H,1-2H3,(H,21,22)/b20-10-. The zero-order valence-corrected chi connectivity index (χ0v) is 13.5. The predicted molar refractivity (Wildman–Crippen MR) is 88.7 cm³/mol. The van der Waals surface area contributed by atoms with Crippen LogP contribution in [0.15, 0.2) is 47.6 Å². The van der Waals surface area contributed by atoms with Gasteiger partial charge in [-0.2, -0.15) is 5.10 Å². The van der Waals surface area contributed by atoms with E-state index in [4.69, 9.17) is 16.3 Å². The molecular formula is C17H16ClFN2O2. The largest absolute Gasteiger partial charge is 0.490 e. The van der Waals surface area contributed by atoms with Crippen molar-refractivity contribution in [1.29, 1.82) is 0 Å². The molecule has 0 atom stereocenters. The number of benzene rings is 2. The van der Waals surface area contributed by atoms with Crippen LogP contribution >= 0.6 is 11.6 Å². The van der Waals surface area contributed by atoms with Crippen molar-refractivity contribution in [3.63, 3.8) is 0 Å². The smallest absolute Gasteiger partial charge is 0.271 e. The molecule has 2 rings (SSSR count). The molecule has 0 aromatic heterocycles. The Kier molecular flexibility index (Phi) is 5.71. The van der Waals surface area contributed by atoms with Crippen molar-refractivity contribution < 1.29 is 13.9 Å². The van der Waals surface area contributed by atoms with Crippen molar-refractivity contribution in [2.24, 2.45) is 5.10 Å². The molecule has 120 valence electrons. The molecule has 23 heavy (non-hydrogen) atoms. The van der Waals surface area contributed by atoms with Crippen molar-refractivity contribution in [3.05, 3.63) is 64.4 Å². The number of hydrazone groups is 1. The minimum Gasteiger partial charge on any atom is -0.490 e. The van der Waals surface area contributed by atoms with Gasteiger partial charge in [-0.3, -0.25) is 4.79 Å². The highest BCUT2D eigenvalue weighted by atomic mass is 35.5. The van der Waals surface area contributed by atoms with Crippen molar-refractivity contribution in [1.82, 2.24) is 5.43 Å². The van der Waals surface area contributed by atoms with E-state index in [1.54, 1.807) is 18.2 Å². The number of hydrogen-bond acceptors (Lipinski definition) is 3. The van der Waals surface area contributed by atoms with Crippen molar-refractivity contribution in [2.45, 2.75) is 20.0 Å². The van der Waals surface area contributed by atoms with E-state index in [0.717, 1.165) is 0 Å². The number of halogens is 2. The summed E-state index contributed by atoms with van der Waals surface area (Å²) in [6.45, 7) is 3.82. The second-order valence-corrected chi connectivity index (χ2v) is 5.49. The van der Waals surface area contributed by atoms with E-state index < -0.39 is 11.7 Å². The van der Waals surface area contributed by atoms with E-state index in [1.807, 2.05) is 13.8 Å². The lowest BCUT2D eigenvalue weighted by Crippen LogP contribution is -2.17. The fourth-order valence-corrected chi connectivity index (χ4v) is 1.99. The maximum atomic E-state index is 12.8. The van der Waals surface area contributed by atoms with Crippen molar-refractivity contribution in [3.8, 4) is 5.75 Å². The number of carbonyl (C=O) groups is 1. The van der Waals surface area contributed by atoms with Gasteiger partial charge in [0.05, 0.1) is 12.3 Å². The molecule has 0 aliphatic heterocycles. The molecule has 6 heteroatoms. The summed E-state index contributed by atoms with van der Waals surface area (Å²) in [5, 5.41) is 4.43. The maximum Gasteiger partial charge on any atom is 0.271 e. The maximum absolute atomic E-state index is 12.8. The van der Waals surface area contributed by atoms with Crippen molar-refractivity contribution in [2.75, 3.05) is 0 Å². The highest BCUT2D eigenvalue weighted by Crippen LogP contribution is 2.22. The summed E-state index contributed by atoms with van der Waals surface area (Å²) in [6.07, 6.45) is 1.45. The minimum atomic E-state index is -0.436. The number of amides is 1. The molecule has 0 spiro atoms. The molecule has 2 aromatic carbocycles. The normalized spacial score (nSPS) is 11.0. The highest BCUT2D eigenvalue weighted by Gasteiger charge is 2.06. The number of carbonyl (C=O) groups excluding carboxylic acids is 1. The molecule has 0 aliphatic rings. The second kappa shape index (κ2) is 7.74. The van der Waals surface area contributed by atoms with Crippen LogP contribution in [0.5, 0.6) is 5.75 Å². The Hall–Kier alpha value is -2.40. The van der Waals surface area contributed by atoms with Crippen LogP contribution in [0.3, 0.4) is 0 Å². The van der Waals surface area contributed by atoms with Gasteiger partial charge in [0.25, 0.3) is 5.91 Å². The summed E-state index contributed by atoms with van der Waals surface area (Å²) in [5.74, 6) is -0.224. The quantitative estimate of drug-likeness (QED) is 0.663. The van der Waals surface area contributed by atoms with Gasteiger partial charge in [0, 0.05) is 16.1 Å². The zero-order chi connectivity index (χ0) is 16.8. The summed E-state index contributed by atoms with van der Waals surface area (Å²) in [6, 6.07) is 10.3. The monoisotopic (exact) mass is 334 g/mol. The lowest BCUT2D eigenvalue weighted by atomic mass is 10.2. The van der Waals surface area contributed by atoms with Gasteiger partial charge in [0.15, 0.2) is 0 Å². The van der Waals surface area contributed by atoms with E-state index in [-0.39, 0.29) is 6.10 Å². The Balaban J connectivity index is 2.09. The van der Waals surface area contributed by atoms with Crippen LogP contribution in [0.25, 0.3) is 0 Å². The van der Waals surface area contributed by atoms with E-state index in [1.165, 1.54) is 30.5 Å². The Morgan fingerprint density at radius 2 is 1.96 bits per heavy atom. The molecule has 4 nitrogen and oxygen atoms in total. The molecule has 0 bridgehead atoms. The van der Waals surface area contributed by atoms with Crippen LogP contribution in [-0.2, 0) is 0 Å². The number of rotatable bonds is 5. The number of nitrogens with one attached hydrogen (secondary N) is 1. The first-order valence-electron chi connectivity index (χ1n) is 7.01. The lowest BCUT2D eigenvalue weighted by Gasteiger charge is -2.12. The zero-order valence-electron chi connectivity index (χ0n) is 12.7. The Bertz CT molecular complexity index is 715. The molecule has 0 heterocycles. The second-order valence-electron chi connectivity index (χ2n) is 5.05. The lowest BCUT2D eigenvalue weighted by molar-refractivity contribution is 0.0955. The van der Waals surface area contributed by atoms with Crippen LogP contribution < -0.4 is 10.2 Å². The van der Waals surface area contributed by atoms with Crippen LogP contribution in [-0.4, -0.2) is 18.2 Å². The van der Waals surface area contributed by atoms with E-state index in [2.05, 4.69) is 10.5 Å². The Morgan fingerprint density at radius 3 is 2.61 bits per heavy atom. The van der Waals surface area contributed by atoms with E-state index >= 15 is 0 Å². The van der Waals surface area contributed by atoms with Gasteiger partial charge < -0.3 is 4.74 Å². The summed E-state index contributed by atoms with van der Waals surface area (Å²) in [5.41, 5.74) is 3.33. The average molecular weight is 335 g/mol. The van der Waals surface area contributed by atoms with Gasteiger partial charge in [-0.05, 0) is 56.3 Å². The number of hydrogen-bond donors (Lipinski definition) is 1. The highest BCUT2D eigenvalue weighted by molar-refractivity contribution is 6.30. The Labute approximate surface area is 138 Å². The molecule has 2 aromatic rings. The van der Waals surface area contributed by atoms with Crippen molar-refractivity contribution >= 4 is 23.7 Å². The van der Waals surface area contributed by atoms with Gasteiger partial charge >= 0.3 is 0 Å². The first-order valence-corrected chi connectivity index (χ1v) is 7.38. The van der Waals surface area contributed by atoms with Gasteiger partial charge in [-0.15, -0.1) is 0 Å². The summed E-state index contributed by atoms with van der Waals surface area (Å²) < 4.78 is 18.5. The molecule has 1 N–H and O–H groups in total. The van der Waals surface area contributed by atoms with Crippen LogP contribution in [0, 0.1) is 5.82 Å². The van der Waals surface area contributed by atoms with Gasteiger partial charge in [-0.1, -0.05) is 11.6 Å². The fourth-order valence-electron chi connectivity index (χ4n) is 1.81. The SMILES string of the molecule is CC(C)Oc1ccc(Cl)cc1/C=N\NC(=O)c1ccc(F)cc1. The molecule has 0 fully saturated rings. The average Bonchev–Trinajstić information content (AvgIpc) is 2.50. The third kappa shape index (κ3) is 5.07. The predicted octanol–water partition coefficient (Wildman–Crippen LogP) is 4.03. The summed E-state index contributed by atoms with van der Waals surface area (Å²) in [4.78, 5) is 11.9. The molecule has 0 radical (unpaired) electrons. The number of ether oxygens (including phenoxy) is 1. The van der Waals surface area contributed by atoms with Gasteiger partial charge in [-0.25, -0.2) is 9.82 Å². The first kappa shape index (κ1) is 17.0. The molecule has 0 aliphatic carbocycles. The van der Waals surface area contributed by atoms with E-state index in [9.17, 15) is 9.18 Å². The molecular weight excluding hydrogens is 319 g/mol. The van der Waals surface area contributed by atoms with Crippen LogP contribution in [0.4, 0.5) is 4.39 Å². The third-order valence-electron chi connectivity index (χ3n) is 2.81. The topological polar surface area (TPSA) is 50.7 Å². The van der Waals surface area contributed by atoms with Gasteiger partial charge in [0.2, 0.25) is 0 Å². The minimum absolute atomic E-state index is 0.00266. The summed E-state index contributed by atoms with van der Waals surface area (Å²) >= 11 is 5.97. The van der Waals surface area contributed by atoms with Crippen LogP contribution in [0.2, 0.25) is 5.02 Å². The molecule has 0 unspecified atom stereocenters. The Morgan fingerprint density at radius 1 is 1.26 bits per heavy atom. The third-order valence-corrected chi connectivity index (χ3v) is 3.05. The molecule has 0 saturated heterocycles. The number of nitrogens with zero attached hydrogens (tertiary/aromatic N) is 1. The summed E-state index contributed by atoms with van der Waals surface area (Å²) in [7, 11) is 0. The van der Waals surface area contributed by atoms with Crippen LogP contribution in [0.1, 0.15) is 29.8 Å². The molecule has 1 amide bonds. The fraction of sp³-hybridized carbons (Fsp3) is 0.176. The van der Waals surface area contributed by atoms with E-state index in [0.29, 0.717) is 21.9 Å².